The fourth-order valence-corrected chi connectivity index (χ4v) is 3.56. The summed E-state index contributed by atoms with van der Waals surface area (Å²) < 4.78 is 0. The Kier molecular flexibility index (Phi) is 20.1. The second-order valence-corrected chi connectivity index (χ2v) is 8.17. The Morgan fingerprint density at radius 3 is 1.35 bits per heavy atom. The minimum Gasteiger partial charge on any atom is -0.386 e. The highest BCUT2D eigenvalue weighted by Crippen LogP contribution is 2.13. The summed E-state index contributed by atoms with van der Waals surface area (Å²) in [6, 6.07) is 0. The third kappa shape index (κ3) is 18.1. The number of nitrogens with two attached hydrogens (primary N) is 1. The van der Waals surface area contributed by atoms with Crippen molar-refractivity contribution in [3.05, 3.63) is 11.4 Å². The maximum absolute atomic E-state index is 6.04. The van der Waals surface area contributed by atoms with Gasteiger partial charge in [0.05, 0.1) is 5.82 Å². The van der Waals surface area contributed by atoms with Crippen LogP contribution >= 0.6 is 0 Å². The van der Waals surface area contributed by atoms with Crippen molar-refractivity contribution in [2.24, 2.45) is 5.73 Å². The molecular formula is C24H50N2. The molecule has 0 radical (unpaired) electrons. The Labute approximate surface area is 165 Å². The van der Waals surface area contributed by atoms with E-state index >= 15 is 0 Å². The number of rotatable bonds is 20. The molecule has 0 aromatic rings. The standard InChI is InChI=1S/C24H50N2/c1-4-6-7-8-9-10-11-12-13-14-15-16-17-18-19-20-22-26-24(25)23(3)21-5-2/h26H,4-22,25H2,1-3H3. The maximum Gasteiger partial charge on any atom is 0.0948 e. The van der Waals surface area contributed by atoms with Crippen molar-refractivity contribution >= 4 is 0 Å². The topological polar surface area (TPSA) is 38.0 Å². The molecule has 0 aromatic heterocycles. The van der Waals surface area contributed by atoms with Gasteiger partial charge in [-0.15, -0.1) is 0 Å². The number of hydrogen-bond donors (Lipinski definition) is 2. The van der Waals surface area contributed by atoms with Gasteiger partial charge in [0.15, 0.2) is 0 Å². The van der Waals surface area contributed by atoms with Crippen molar-refractivity contribution in [1.29, 1.82) is 0 Å². The van der Waals surface area contributed by atoms with Gasteiger partial charge in [-0.3, -0.25) is 0 Å². The van der Waals surface area contributed by atoms with Crippen LogP contribution in [0.4, 0.5) is 0 Å². The molecule has 0 aliphatic rings. The van der Waals surface area contributed by atoms with Crippen LogP contribution in [0.2, 0.25) is 0 Å². The molecule has 0 spiro atoms. The van der Waals surface area contributed by atoms with Gasteiger partial charge in [0.1, 0.15) is 0 Å². The first-order valence-corrected chi connectivity index (χ1v) is 11.9. The molecule has 26 heavy (non-hydrogen) atoms. The lowest BCUT2D eigenvalue weighted by Gasteiger charge is -2.10. The van der Waals surface area contributed by atoms with Crippen LogP contribution in [0, 0.1) is 0 Å². The maximum atomic E-state index is 6.04. The number of unbranched alkanes of at least 4 members (excludes halogenated alkanes) is 15. The molecule has 0 saturated heterocycles. The van der Waals surface area contributed by atoms with Gasteiger partial charge in [-0.1, -0.05) is 117 Å². The molecule has 0 bridgehead atoms. The van der Waals surface area contributed by atoms with E-state index in [-0.39, 0.29) is 0 Å². The molecule has 0 rings (SSSR count). The molecular weight excluding hydrogens is 316 g/mol. The molecule has 0 fully saturated rings. The Morgan fingerprint density at radius 2 is 0.962 bits per heavy atom. The molecule has 0 aliphatic carbocycles. The molecule has 2 heteroatoms. The molecule has 2 nitrogen and oxygen atoms in total. The zero-order chi connectivity index (χ0) is 19.3. The van der Waals surface area contributed by atoms with Gasteiger partial charge in [-0.05, 0) is 25.3 Å². The van der Waals surface area contributed by atoms with Crippen LogP contribution in [-0.4, -0.2) is 6.54 Å². The Balaban J connectivity index is 3.17. The molecule has 0 aromatic carbocycles. The summed E-state index contributed by atoms with van der Waals surface area (Å²) in [6.07, 6.45) is 25.0. The van der Waals surface area contributed by atoms with E-state index in [1.54, 1.807) is 0 Å². The predicted octanol–water partition coefficient (Wildman–Crippen LogP) is 7.83. The van der Waals surface area contributed by atoms with Crippen LogP contribution in [0.1, 0.15) is 136 Å². The van der Waals surface area contributed by atoms with E-state index in [1.165, 1.54) is 115 Å². The van der Waals surface area contributed by atoms with Crippen LogP contribution in [-0.2, 0) is 0 Å². The highest BCUT2D eigenvalue weighted by atomic mass is 15.0. The molecule has 0 atom stereocenters. The van der Waals surface area contributed by atoms with Gasteiger partial charge in [0.25, 0.3) is 0 Å². The fraction of sp³-hybridized carbons (Fsp3) is 0.917. The van der Waals surface area contributed by atoms with Crippen LogP contribution in [0.3, 0.4) is 0 Å². The second kappa shape index (κ2) is 20.6. The monoisotopic (exact) mass is 366 g/mol. The van der Waals surface area contributed by atoms with E-state index in [9.17, 15) is 0 Å². The molecule has 3 N–H and O–H groups in total. The van der Waals surface area contributed by atoms with E-state index < -0.39 is 0 Å². The largest absolute Gasteiger partial charge is 0.386 e. The summed E-state index contributed by atoms with van der Waals surface area (Å²) >= 11 is 0. The van der Waals surface area contributed by atoms with Gasteiger partial charge in [0, 0.05) is 6.54 Å². The van der Waals surface area contributed by atoms with E-state index in [0.717, 1.165) is 18.8 Å². The number of nitrogens with one attached hydrogen (secondary N) is 1. The third-order valence-electron chi connectivity index (χ3n) is 5.43. The van der Waals surface area contributed by atoms with E-state index in [0.29, 0.717) is 0 Å². The average molecular weight is 367 g/mol. The third-order valence-corrected chi connectivity index (χ3v) is 5.43. The van der Waals surface area contributed by atoms with Crippen molar-refractivity contribution in [3.8, 4) is 0 Å². The average Bonchev–Trinajstić information content (AvgIpc) is 2.64. The lowest BCUT2D eigenvalue weighted by atomic mass is 10.0. The first-order chi connectivity index (χ1) is 12.7. The lowest BCUT2D eigenvalue weighted by Crippen LogP contribution is -2.22. The van der Waals surface area contributed by atoms with Crippen LogP contribution < -0.4 is 11.1 Å². The van der Waals surface area contributed by atoms with Gasteiger partial charge in [-0.25, -0.2) is 0 Å². The molecule has 156 valence electrons. The molecule has 0 aliphatic heterocycles. The number of allylic oxidation sites excluding steroid dienone is 1. The zero-order valence-corrected chi connectivity index (χ0v) is 18.5. The molecule has 0 unspecified atom stereocenters. The highest BCUT2D eigenvalue weighted by molar-refractivity contribution is 5.06. The van der Waals surface area contributed by atoms with Crippen molar-refractivity contribution in [2.45, 2.75) is 136 Å². The van der Waals surface area contributed by atoms with Crippen molar-refractivity contribution in [2.75, 3.05) is 6.54 Å². The van der Waals surface area contributed by atoms with Gasteiger partial charge in [-0.2, -0.15) is 0 Å². The molecule has 0 saturated carbocycles. The minimum absolute atomic E-state index is 0.910. The lowest BCUT2D eigenvalue weighted by molar-refractivity contribution is 0.528. The summed E-state index contributed by atoms with van der Waals surface area (Å²) in [4.78, 5) is 0. The first kappa shape index (κ1) is 25.3. The normalized spacial score (nSPS) is 12.3. The van der Waals surface area contributed by atoms with Crippen molar-refractivity contribution in [1.82, 2.24) is 5.32 Å². The molecule has 0 amide bonds. The first-order valence-electron chi connectivity index (χ1n) is 11.9. The summed E-state index contributed by atoms with van der Waals surface area (Å²) in [7, 11) is 0. The number of hydrogen-bond acceptors (Lipinski definition) is 2. The summed E-state index contributed by atoms with van der Waals surface area (Å²) in [5.74, 6) is 0.910. The smallest absolute Gasteiger partial charge is 0.0948 e. The van der Waals surface area contributed by atoms with E-state index in [1.807, 2.05) is 0 Å². The minimum atomic E-state index is 0.910. The highest BCUT2D eigenvalue weighted by Gasteiger charge is 1.97. The SMILES string of the molecule is CCCCCCCCCCCCCCCCCCNC(N)=C(C)CCC. The van der Waals surface area contributed by atoms with E-state index in [2.05, 4.69) is 26.1 Å². The fourth-order valence-electron chi connectivity index (χ4n) is 3.56. The predicted molar refractivity (Wildman–Crippen MR) is 119 cm³/mol. The van der Waals surface area contributed by atoms with Gasteiger partial charge < -0.3 is 11.1 Å². The van der Waals surface area contributed by atoms with E-state index in [4.69, 9.17) is 5.73 Å². The Morgan fingerprint density at radius 1 is 0.577 bits per heavy atom. The quantitative estimate of drug-likeness (QED) is 0.215. The van der Waals surface area contributed by atoms with Crippen LogP contribution in [0.15, 0.2) is 11.4 Å². The summed E-state index contributed by atoms with van der Waals surface area (Å²) in [6.45, 7) is 7.67. The second-order valence-electron chi connectivity index (χ2n) is 8.17. The van der Waals surface area contributed by atoms with Crippen LogP contribution in [0.5, 0.6) is 0 Å². The summed E-state index contributed by atoms with van der Waals surface area (Å²) in [5.41, 5.74) is 7.35. The van der Waals surface area contributed by atoms with Gasteiger partial charge >= 0.3 is 0 Å². The Hall–Kier alpha value is -0.660. The Bertz CT molecular complexity index is 309. The zero-order valence-electron chi connectivity index (χ0n) is 18.5. The summed E-state index contributed by atoms with van der Waals surface area (Å²) in [5, 5.41) is 3.37. The molecule has 0 heterocycles. The van der Waals surface area contributed by atoms with Crippen LogP contribution in [0.25, 0.3) is 0 Å². The van der Waals surface area contributed by atoms with Crippen molar-refractivity contribution < 1.29 is 0 Å². The van der Waals surface area contributed by atoms with Crippen molar-refractivity contribution in [3.63, 3.8) is 0 Å². The van der Waals surface area contributed by atoms with Gasteiger partial charge in [0.2, 0.25) is 0 Å².